The van der Waals surface area contributed by atoms with Crippen LogP contribution in [0.2, 0.25) is 0 Å². The van der Waals surface area contributed by atoms with E-state index in [0.29, 0.717) is 5.92 Å². The minimum atomic E-state index is 0.669. The molecule has 1 unspecified atom stereocenters. The first kappa shape index (κ1) is 12.4. The van der Waals surface area contributed by atoms with Crippen molar-refractivity contribution < 1.29 is 0 Å². The van der Waals surface area contributed by atoms with Crippen LogP contribution in [0.15, 0.2) is 24.3 Å². The van der Waals surface area contributed by atoms with Gasteiger partial charge in [-0.15, -0.1) is 0 Å². The van der Waals surface area contributed by atoms with Crippen molar-refractivity contribution in [3.05, 3.63) is 29.8 Å². The number of unbranched alkanes of at least 4 members (excludes halogenated alkanes) is 1. The summed E-state index contributed by atoms with van der Waals surface area (Å²) in [5.41, 5.74) is 2.84. The summed E-state index contributed by atoms with van der Waals surface area (Å²) in [4.78, 5) is 2.58. The summed E-state index contributed by atoms with van der Waals surface area (Å²) in [6.07, 6.45) is 2.60. The molecule has 0 fully saturated rings. The molecular weight excluding hydrogens is 208 g/mol. The fourth-order valence-corrected chi connectivity index (χ4v) is 2.59. The van der Waals surface area contributed by atoms with Crippen molar-refractivity contribution in [1.82, 2.24) is 4.90 Å². The molecule has 2 heteroatoms. The number of anilines is 1. The summed E-state index contributed by atoms with van der Waals surface area (Å²) in [5, 5.41) is 3.51. The quantitative estimate of drug-likeness (QED) is 0.809. The minimum Gasteiger partial charge on any atom is -0.384 e. The largest absolute Gasteiger partial charge is 0.384 e. The molecule has 0 bridgehead atoms. The van der Waals surface area contributed by atoms with E-state index in [1.54, 1.807) is 0 Å². The van der Waals surface area contributed by atoms with E-state index in [0.717, 1.165) is 6.54 Å². The number of fused-ring (bicyclic) bond motifs is 1. The van der Waals surface area contributed by atoms with Crippen LogP contribution in [0.5, 0.6) is 0 Å². The maximum Gasteiger partial charge on any atom is 0.0376 e. The number of rotatable bonds is 6. The zero-order chi connectivity index (χ0) is 12.1. The smallest absolute Gasteiger partial charge is 0.0376 e. The minimum absolute atomic E-state index is 0.669. The Balaban J connectivity index is 1.95. The van der Waals surface area contributed by atoms with Crippen LogP contribution in [0.3, 0.4) is 0 Å². The van der Waals surface area contributed by atoms with E-state index in [9.17, 15) is 0 Å². The molecule has 2 nitrogen and oxygen atoms in total. The van der Waals surface area contributed by atoms with Crippen molar-refractivity contribution in [2.75, 3.05) is 31.5 Å². The van der Waals surface area contributed by atoms with Crippen molar-refractivity contribution in [2.24, 2.45) is 0 Å². The standard InChI is InChI=1S/C15H24N2/c1-3-5-10-17(4-2)12-13-11-16-15-9-7-6-8-14(13)15/h6-9,13,16H,3-5,10-12H2,1-2H3. The Hall–Kier alpha value is -1.02. The maximum absolute atomic E-state index is 3.51. The number of benzene rings is 1. The van der Waals surface area contributed by atoms with Crippen molar-refractivity contribution in [1.29, 1.82) is 0 Å². The Labute approximate surface area is 105 Å². The summed E-state index contributed by atoms with van der Waals surface area (Å²) in [6.45, 7) is 9.23. The summed E-state index contributed by atoms with van der Waals surface area (Å²) in [6, 6.07) is 8.73. The van der Waals surface area contributed by atoms with Gasteiger partial charge in [-0.05, 0) is 31.1 Å². The van der Waals surface area contributed by atoms with Gasteiger partial charge in [0.25, 0.3) is 0 Å². The first-order valence-electron chi connectivity index (χ1n) is 6.90. The van der Waals surface area contributed by atoms with E-state index in [4.69, 9.17) is 0 Å². The molecule has 0 radical (unpaired) electrons. The van der Waals surface area contributed by atoms with E-state index in [1.165, 1.54) is 43.7 Å². The third-order valence-electron chi connectivity index (χ3n) is 3.69. The Morgan fingerprint density at radius 3 is 2.88 bits per heavy atom. The van der Waals surface area contributed by atoms with Crippen molar-refractivity contribution in [3.8, 4) is 0 Å². The highest BCUT2D eigenvalue weighted by atomic mass is 15.1. The van der Waals surface area contributed by atoms with Crippen LogP contribution in [-0.4, -0.2) is 31.1 Å². The Bertz CT molecular complexity index is 349. The van der Waals surface area contributed by atoms with Gasteiger partial charge in [-0.3, -0.25) is 0 Å². The summed E-state index contributed by atoms with van der Waals surface area (Å²) in [7, 11) is 0. The average Bonchev–Trinajstić information content (AvgIpc) is 2.78. The lowest BCUT2D eigenvalue weighted by molar-refractivity contribution is 0.270. The van der Waals surface area contributed by atoms with Crippen LogP contribution >= 0.6 is 0 Å². The molecule has 0 aliphatic carbocycles. The molecule has 0 spiro atoms. The number of nitrogens with zero attached hydrogens (tertiary/aromatic N) is 1. The number of para-hydroxylation sites is 1. The SMILES string of the molecule is CCCCN(CC)CC1CNc2ccccc21. The maximum atomic E-state index is 3.51. The normalized spacial score (nSPS) is 18.2. The van der Waals surface area contributed by atoms with Gasteiger partial charge in [-0.1, -0.05) is 38.5 Å². The Morgan fingerprint density at radius 2 is 2.12 bits per heavy atom. The molecule has 17 heavy (non-hydrogen) atoms. The third-order valence-corrected chi connectivity index (χ3v) is 3.69. The van der Waals surface area contributed by atoms with Gasteiger partial charge in [-0.25, -0.2) is 0 Å². The molecule has 1 atom stereocenters. The number of nitrogens with one attached hydrogen (secondary N) is 1. The Morgan fingerprint density at radius 1 is 1.29 bits per heavy atom. The second kappa shape index (κ2) is 6.06. The molecular formula is C15H24N2. The monoisotopic (exact) mass is 232 g/mol. The van der Waals surface area contributed by atoms with Crippen LogP contribution < -0.4 is 5.32 Å². The summed E-state index contributed by atoms with van der Waals surface area (Å²) >= 11 is 0. The second-order valence-electron chi connectivity index (χ2n) is 4.91. The highest BCUT2D eigenvalue weighted by Crippen LogP contribution is 2.31. The van der Waals surface area contributed by atoms with Crippen LogP contribution in [0.25, 0.3) is 0 Å². The number of likely N-dealkylation sites (N-methyl/N-ethyl adjacent to an activating group) is 1. The molecule has 1 aliphatic rings. The van der Waals surface area contributed by atoms with Gasteiger partial charge in [0.1, 0.15) is 0 Å². The third kappa shape index (κ3) is 3.01. The van der Waals surface area contributed by atoms with E-state index >= 15 is 0 Å². The molecule has 1 N–H and O–H groups in total. The van der Waals surface area contributed by atoms with E-state index in [1.807, 2.05) is 0 Å². The predicted octanol–water partition coefficient (Wildman–Crippen LogP) is 3.32. The second-order valence-corrected chi connectivity index (χ2v) is 4.91. The number of hydrogen-bond acceptors (Lipinski definition) is 2. The molecule has 0 aromatic heterocycles. The zero-order valence-corrected chi connectivity index (χ0v) is 11.1. The van der Waals surface area contributed by atoms with Crippen LogP contribution in [0.1, 0.15) is 38.2 Å². The van der Waals surface area contributed by atoms with Crippen molar-refractivity contribution in [3.63, 3.8) is 0 Å². The lowest BCUT2D eigenvalue weighted by atomic mass is 10.0. The summed E-state index contributed by atoms with van der Waals surface area (Å²) < 4.78 is 0. The summed E-state index contributed by atoms with van der Waals surface area (Å²) in [5.74, 6) is 0.669. The van der Waals surface area contributed by atoms with E-state index in [2.05, 4.69) is 48.3 Å². The average molecular weight is 232 g/mol. The molecule has 1 aromatic rings. The fraction of sp³-hybridized carbons (Fsp3) is 0.600. The van der Waals surface area contributed by atoms with Crippen LogP contribution in [-0.2, 0) is 0 Å². The molecule has 0 saturated carbocycles. The highest BCUT2D eigenvalue weighted by Gasteiger charge is 2.22. The van der Waals surface area contributed by atoms with Gasteiger partial charge in [0.2, 0.25) is 0 Å². The molecule has 1 heterocycles. The lowest BCUT2D eigenvalue weighted by Crippen LogP contribution is -2.30. The van der Waals surface area contributed by atoms with Gasteiger partial charge in [0, 0.05) is 24.7 Å². The van der Waals surface area contributed by atoms with Gasteiger partial charge < -0.3 is 10.2 Å². The van der Waals surface area contributed by atoms with Gasteiger partial charge in [-0.2, -0.15) is 0 Å². The van der Waals surface area contributed by atoms with Gasteiger partial charge in [0.05, 0.1) is 0 Å². The predicted molar refractivity (Wildman–Crippen MR) is 74.7 cm³/mol. The first-order valence-corrected chi connectivity index (χ1v) is 6.90. The highest BCUT2D eigenvalue weighted by molar-refractivity contribution is 5.57. The van der Waals surface area contributed by atoms with Gasteiger partial charge >= 0.3 is 0 Å². The molecule has 1 aliphatic heterocycles. The lowest BCUT2D eigenvalue weighted by Gasteiger charge is -2.23. The molecule has 1 aromatic carbocycles. The first-order chi connectivity index (χ1) is 8.35. The van der Waals surface area contributed by atoms with Gasteiger partial charge in [0.15, 0.2) is 0 Å². The van der Waals surface area contributed by atoms with Crippen molar-refractivity contribution >= 4 is 5.69 Å². The molecule has 94 valence electrons. The van der Waals surface area contributed by atoms with E-state index in [-0.39, 0.29) is 0 Å². The molecule has 0 amide bonds. The van der Waals surface area contributed by atoms with Crippen LogP contribution in [0.4, 0.5) is 5.69 Å². The zero-order valence-electron chi connectivity index (χ0n) is 11.1. The fourth-order valence-electron chi connectivity index (χ4n) is 2.59. The number of hydrogen-bond donors (Lipinski definition) is 1. The molecule has 2 rings (SSSR count). The van der Waals surface area contributed by atoms with E-state index < -0.39 is 0 Å². The van der Waals surface area contributed by atoms with Crippen LogP contribution in [0, 0.1) is 0 Å². The topological polar surface area (TPSA) is 15.3 Å². The molecule has 0 saturated heterocycles. The van der Waals surface area contributed by atoms with Crippen molar-refractivity contribution in [2.45, 2.75) is 32.6 Å². The Kier molecular flexibility index (Phi) is 4.43.